The Balaban J connectivity index is 1.93. The summed E-state index contributed by atoms with van der Waals surface area (Å²) >= 11 is 0. The van der Waals surface area contributed by atoms with E-state index in [1.165, 1.54) is 36.8 Å². The molecule has 1 saturated heterocycles. The van der Waals surface area contributed by atoms with Crippen molar-refractivity contribution in [2.75, 3.05) is 0 Å². The van der Waals surface area contributed by atoms with E-state index in [-0.39, 0.29) is 5.60 Å². The van der Waals surface area contributed by atoms with Crippen LogP contribution in [-0.4, -0.2) is 11.7 Å². The molecule has 1 spiro atoms. The number of rotatable bonds is 1. The van der Waals surface area contributed by atoms with Crippen molar-refractivity contribution in [3.8, 4) is 0 Å². The molecular formula is C16H20O. The lowest BCUT2D eigenvalue weighted by atomic mass is 9.90. The molecule has 1 unspecified atom stereocenters. The van der Waals surface area contributed by atoms with Gasteiger partial charge in [-0.05, 0) is 37.3 Å². The summed E-state index contributed by atoms with van der Waals surface area (Å²) in [5.74, 6) is 0. The number of hydrogen-bond acceptors (Lipinski definition) is 1. The molecule has 0 aromatic heterocycles. The van der Waals surface area contributed by atoms with Crippen LogP contribution in [0.1, 0.15) is 44.6 Å². The number of hydrogen-bond donors (Lipinski definition) is 0. The predicted octanol–water partition coefficient (Wildman–Crippen LogP) is 4.19. The Bertz CT molecular complexity index is 412. The monoisotopic (exact) mass is 228 g/mol. The van der Waals surface area contributed by atoms with Crippen molar-refractivity contribution >= 4 is 6.08 Å². The highest BCUT2D eigenvalue weighted by Gasteiger charge is 2.44. The molecule has 1 aromatic carbocycles. The van der Waals surface area contributed by atoms with E-state index >= 15 is 0 Å². The standard InChI is InChI=1S/C16H20O/c1-13-11-15(12-14-7-3-2-4-8-14)16(17-13)9-5-6-10-16/h2-4,7-8,12-13H,5-6,9-11H2,1H3/b15-12-. The Hall–Kier alpha value is -1.08. The lowest BCUT2D eigenvalue weighted by Crippen LogP contribution is -2.26. The Morgan fingerprint density at radius 1 is 1.18 bits per heavy atom. The summed E-state index contributed by atoms with van der Waals surface area (Å²) in [7, 11) is 0. The van der Waals surface area contributed by atoms with E-state index in [0.717, 1.165) is 6.42 Å². The third-order valence-electron chi connectivity index (χ3n) is 4.07. The molecule has 1 aromatic rings. The van der Waals surface area contributed by atoms with Crippen molar-refractivity contribution in [2.24, 2.45) is 0 Å². The van der Waals surface area contributed by atoms with E-state index < -0.39 is 0 Å². The first-order valence-electron chi connectivity index (χ1n) is 6.72. The summed E-state index contributed by atoms with van der Waals surface area (Å²) in [6.07, 6.45) is 8.93. The molecule has 1 saturated carbocycles. The van der Waals surface area contributed by atoms with Crippen molar-refractivity contribution < 1.29 is 4.74 Å². The maximum absolute atomic E-state index is 6.23. The zero-order valence-electron chi connectivity index (χ0n) is 10.5. The molecule has 1 aliphatic heterocycles. The second-order valence-electron chi connectivity index (χ2n) is 5.41. The maximum Gasteiger partial charge on any atom is 0.0899 e. The molecular weight excluding hydrogens is 208 g/mol. The molecule has 2 aliphatic rings. The van der Waals surface area contributed by atoms with Crippen LogP contribution in [0.4, 0.5) is 0 Å². The third kappa shape index (κ3) is 2.04. The van der Waals surface area contributed by atoms with Crippen LogP contribution in [0.25, 0.3) is 6.08 Å². The molecule has 1 nitrogen and oxygen atoms in total. The Morgan fingerprint density at radius 3 is 2.59 bits per heavy atom. The van der Waals surface area contributed by atoms with Crippen LogP contribution >= 0.6 is 0 Å². The zero-order valence-corrected chi connectivity index (χ0v) is 10.5. The van der Waals surface area contributed by atoms with Crippen molar-refractivity contribution in [2.45, 2.75) is 50.7 Å². The van der Waals surface area contributed by atoms with Crippen molar-refractivity contribution in [3.05, 3.63) is 41.5 Å². The molecule has 0 amide bonds. The molecule has 0 radical (unpaired) electrons. The van der Waals surface area contributed by atoms with E-state index in [2.05, 4.69) is 43.3 Å². The van der Waals surface area contributed by atoms with E-state index in [1.54, 1.807) is 0 Å². The van der Waals surface area contributed by atoms with Gasteiger partial charge in [-0.1, -0.05) is 49.2 Å². The van der Waals surface area contributed by atoms with Gasteiger partial charge in [-0.2, -0.15) is 0 Å². The average Bonchev–Trinajstić information content (AvgIpc) is 2.90. The molecule has 1 aliphatic carbocycles. The predicted molar refractivity (Wildman–Crippen MR) is 70.8 cm³/mol. The Labute approximate surface area is 103 Å². The van der Waals surface area contributed by atoms with Gasteiger partial charge in [0.1, 0.15) is 0 Å². The first-order valence-corrected chi connectivity index (χ1v) is 6.72. The minimum atomic E-state index is 0.0925. The van der Waals surface area contributed by atoms with Crippen LogP contribution in [0.2, 0.25) is 0 Å². The summed E-state index contributed by atoms with van der Waals surface area (Å²) in [4.78, 5) is 0. The van der Waals surface area contributed by atoms with Gasteiger partial charge >= 0.3 is 0 Å². The fourth-order valence-corrected chi connectivity index (χ4v) is 3.32. The fraction of sp³-hybridized carbons (Fsp3) is 0.500. The highest BCUT2D eigenvalue weighted by atomic mass is 16.5. The van der Waals surface area contributed by atoms with Crippen LogP contribution < -0.4 is 0 Å². The van der Waals surface area contributed by atoms with Gasteiger partial charge < -0.3 is 4.74 Å². The highest BCUT2D eigenvalue weighted by molar-refractivity contribution is 5.56. The summed E-state index contributed by atoms with van der Waals surface area (Å²) in [5, 5.41) is 0. The SMILES string of the molecule is CC1C/C(=C/c2ccccc2)C2(CCCC2)O1. The summed E-state index contributed by atoms with van der Waals surface area (Å²) in [6, 6.07) is 10.6. The topological polar surface area (TPSA) is 9.23 Å². The summed E-state index contributed by atoms with van der Waals surface area (Å²) in [6.45, 7) is 2.20. The lowest BCUT2D eigenvalue weighted by Gasteiger charge is -2.25. The number of benzene rings is 1. The van der Waals surface area contributed by atoms with Crippen molar-refractivity contribution in [1.29, 1.82) is 0 Å². The first kappa shape index (κ1) is 11.0. The normalized spacial score (nSPS) is 29.2. The average molecular weight is 228 g/mol. The molecule has 1 heterocycles. The second-order valence-corrected chi connectivity index (χ2v) is 5.41. The van der Waals surface area contributed by atoms with Gasteiger partial charge in [-0.3, -0.25) is 0 Å². The van der Waals surface area contributed by atoms with Gasteiger partial charge in [0.2, 0.25) is 0 Å². The van der Waals surface area contributed by atoms with Crippen LogP contribution in [0.3, 0.4) is 0 Å². The van der Waals surface area contributed by atoms with Crippen LogP contribution in [0.15, 0.2) is 35.9 Å². The van der Waals surface area contributed by atoms with Gasteiger partial charge in [-0.25, -0.2) is 0 Å². The molecule has 0 N–H and O–H groups in total. The minimum absolute atomic E-state index is 0.0925. The van der Waals surface area contributed by atoms with Gasteiger partial charge in [0.15, 0.2) is 0 Å². The first-order chi connectivity index (χ1) is 8.28. The maximum atomic E-state index is 6.23. The van der Waals surface area contributed by atoms with Crippen LogP contribution in [0.5, 0.6) is 0 Å². The molecule has 3 rings (SSSR count). The van der Waals surface area contributed by atoms with E-state index in [4.69, 9.17) is 4.74 Å². The van der Waals surface area contributed by atoms with E-state index in [0.29, 0.717) is 6.10 Å². The molecule has 0 bridgehead atoms. The molecule has 90 valence electrons. The summed E-state index contributed by atoms with van der Waals surface area (Å²) < 4.78 is 6.23. The minimum Gasteiger partial charge on any atom is -0.367 e. The third-order valence-corrected chi connectivity index (χ3v) is 4.07. The molecule has 1 atom stereocenters. The smallest absolute Gasteiger partial charge is 0.0899 e. The Morgan fingerprint density at radius 2 is 1.88 bits per heavy atom. The fourth-order valence-electron chi connectivity index (χ4n) is 3.32. The van der Waals surface area contributed by atoms with Gasteiger partial charge in [0.05, 0.1) is 11.7 Å². The zero-order chi connectivity index (χ0) is 11.7. The molecule has 17 heavy (non-hydrogen) atoms. The largest absolute Gasteiger partial charge is 0.367 e. The van der Waals surface area contributed by atoms with Crippen molar-refractivity contribution in [1.82, 2.24) is 0 Å². The van der Waals surface area contributed by atoms with Crippen LogP contribution in [0, 0.1) is 0 Å². The van der Waals surface area contributed by atoms with Crippen molar-refractivity contribution in [3.63, 3.8) is 0 Å². The van der Waals surface area contributed by atoms with Gasteiger partial charge in [-0.15, -0.1) is 0 Å². The Kier molecular flexibility index (Phi) is 2.79. The highest BCUT2D eigenvalue weighted by Crippen LogP contribution is 2.47. The second kappa shape index (κ2) is 4.30. The van der Waals surface area contributed by atoms with E-state index in [9.17, 15) is 0 Å². The van der Waals surface area contributed by atoms with Gasteiger partial charge in [0, 0.05) is 0 Å². The lowest BCUT2D eigenvalue weighted by molar-refractivity contribution is -0.0140. The molecule has 2 fully saturated rings. The van der Waals surface area contributed by atoms with Gasteiger partial charge in [0.25, 0.3) is 0 Å². The summed E-state index contributed by atoms with van der Waals surface area (Å²) in [5.41, 5.74) is 2.93. The number of ether oxygens (including phenoxy) is 1. The molecule has 1 heteroatoms. The van der Waals surface area contributed by atoms with Crippen LogP contribution in [-0.2, 0) is 4.74 Å². The quantitative estimate of drug-likeness (QED) is 0.700. The van der Waals surface area contributed by atoms with E-state index in [1.807, 2.05) is 0 Å².